The van der Waals surface area contributed by atoms with Crippen molar-refractivity contribution in [2.75, 3.05) is 26.7 Å². The molecule has 1 saturated heterocycles. The van der Waals surface area contributed by atoms with Crippen molar-refractivity contribution in [2.24, 2.45) is 5.73 Å². The first-order valence-electron chi connectivity index (χ1n) is 11.1. The lowest BCUT2D eigenvalue weighted by Gasteiger charge is -2.26. The molecule has 2 heterocycles. The van der Waals surface area contributed by atoms with Crippen LogP contribution >= 0.6 is 0 Å². The van der Waals surface area contributed by atoms with E-state index < -0.39 is 21.8 Å². The molecule has 0 aliphatic carbocycles. The molecule has 3 aromatic rings. The zero-order chi connectivity index (χ0) is 24.3. The summed E-state index contributed by atoms with van der Waals surface area (Å²) in [7, 11) is -2.37. The van der Waals surface area contributed by atoms with Crippen LogP contribution < -0.4 is 5.73 Å². The zero-order valence-electron chi connectivity index (χ0n) is 18.9. The van der Waals surface area contributed by atoms with Crippen LogP contribution in [0.3, 0.4) is 0 Å². The first-order valence-corrected chi connectivity index (χ1v) is 12.5. The Bertz CT molecular complexity index is 1340. The predicted molar refractivity (Wildman–Crippen MR) is 127 cm³/mol. The number of hydrogen-bond donors (Lipinski definition) is 1. The van der Waals surface area contributed by atoms with Crippen molar-refractivity contribution >= 4 is 27.0 Å². The Kier molecular flexibility index (Phi) is 7.11. The molecule has 0 atom stereocenters. The van der Waals surface area contributed by atoms with E-state index in [0.29, 0.717) is 35.2 Å². The van der Waals surface area contributed by atoms with E-state index in [0.717, 1.165) is 19.3 Å². The second-order valence-corrected chi connectivity index (χ2v) is 10.1. The number of sulfonamides is 1. The summed E-state index contributed by atoms with van der Waals surface area (Å²) < 4.78 is 48.6. The maximum Gasteiger partial charge on any atom is 0.337 e. The van der Waals surface area contributed by atoms with Gasteiger partial charge in [0.25, 0.3) is 0 Å². The number of nitrogens with two attached hydrogens (primary N) is 1. The van der Waals surface area contributed by atoms with Crippen LogP contribution in [0.15, 0.2) is 59.5 Å². The number of hydrogen-bond acceptors (Lipinski definition) is 6. The van der Waals surface area contributed by atoms with E-state index in [9.17, 15) is 17.6 Å². The minimum absolute atomic E-state index is 0.0649. The number of nitrogens with zero attached hydrogens (tertiary/aromatic N) is 3. The van der Waals surface area contributed by atoms with E-state index in [-0.39, 0.29) is 23.5 Å². The lowest BCUT2D eigenvalue weighted by atomic mass is 10.0. The molecule has 0 spiro atoms. The number of esters is 1. The highest BCUT2D eigenvalue weighted by Gasteiger charge is 2.26. The lowest BCUT2D eigenvalue weighted by Crippen LogP contribution is -2.35. The van der Waals surface area contributed by atoms with Gasteiger partial charge in [-0.25, -0.2) is 22.6 Å². The van der Waals surface area contributed by atoms with Gasteiger partial charge < -0.3 is 15.0 Å². The second kappa shape index (κ2) is 10.0. The van der Waals surface area contributed by atoms with Gasteiger partial charge in [-0.1, -0.05) is 18.6 Å². The van der Waals surface area contributed by atoms with Gasteiger partial charge in [-0.05, 0) is 48.7 Å². The fourth-order valence-corrected chi connectivity index (χ4v) is 5.74. The summed E-state index contributed by atoms with van der Waals surface area (Å²) in [5.74, 6) is -0.993. The molecule has 2 N–H and O–H groups in total. The van der Waals surface area contributed by atoms with Crippen molar-refractivity contribution in [1.82, 2.24) is 13.9 Å². The Morgan fingerprint density at radius 1 is 1.21 bits per heavy atom. The molecule has 1 aliphatic heterocycles. The van der Waals surface area contributed by atoms with Crippen LogP contribution in [-0.2, 0) is 21.3 Å². The third kappa shape index (κ3) is 4.75. The number of allylic oxidation sites excluding steroid dienone is 1. The molecular weight excluding hydrogens is 459 g/mol. The van der Waals surface area contributed by atoms with Crippen LogP contribution in [0.2, 0.25) is 0 Å². The van der Waals surface area contributed by atoms with E-state index in [1.165, 1.54) is 23.8 Å². The lowest BCUT2D eigenvalue weighted by molar-refractivity contribution is 0.0601. The predicted octanol–water partition coefficient (Wildman–Crippen LogP) is 3.48. The molecule has 0 saturated carbocycles. The summed E-state index contributed by atoms with van der Waals surface area (Å²) >= 11 is 0. The number of halogens is 1. The molecule has 180 valence electrons. The van der Waals surface area contributed by atoms with E-state index in [2.05, 4.69) is 4.98 Å². The quantitative estimate of drug-likeness (QED) is 0.513. The number of benzene rings is 2. The molecule has 1 aliphatic rings. The Morgan fingerprint density at radius 3 is 2.68 bits per heavy atom. The maximum absolute atomic E-state index is 14.2. The van der Waals surface area contributed by atoms with Crippen molar-refractivity contribution < 1.29 is 22.3 Å². The smallest absolute Gasteiger partial charge is 0.337 e. The first-order chi connectivity index (χ1) is 16.3. The van der Waals surface area contributed by atoms with Gasteiger partial charge in [0.15, 0.2) is 0 Å². The fraction of sp³-hybridized carbons (Fsp3) is 0.333. The van der Waals surface area contributed by atoms with Gasteiger partial charge in [0.05, 0.1) is 41.5 Å². The summed E-state index contributed by atoms with van der Waals surface area (Å²) in [6.45, 7) is 0.971. The summed E-state index contributed by atoms with van der Waals surface area (Å²) in [5, 5.41) is 0. The molecular formula is C24H27FN4O4S. The van der Waals surface area contributed by atoms with Crippen LogP contribution in [-0.4, -0.2) is 55.0 Å². The number of fused-ring (bicyclic) bond motifs is 1. The van der Waals surface area contributed by atoms with Gasteiger partial charge in [-0.15, -0.1) is 0 Å². The largest absolute Gasteiger partial charge is 0.465 e. The highest BCUT2D eigenvalue weighted by molar-refractivity contribution is 7.89. The number of methoxy groups -OCH3 is 1. The fourth-order valence-electron chi connectivity index (χ4n) is 4.18. The Balaban J connectivity index is 1.84. The SMILES string of the molecule is COC(=O)c1cc(-c2cccc(S(=O)(=O)N3CCCCC3)c2)c2ncn(CC(F)=CCN)c2c1. The first kappa shape index (κ1) is 24.1. The summed E-state index contributed by atoms with van der Waals surface area (Å²) in [6, 6.07) is 9.79. The van der Waals surface area contributed by atoms with Gasteiger partial charge in [0, 0.05) is 25.2 Å². The van der Waals surface area contributed by atoms with Crippen LogP contribution in [0.4, 0.5) is 4.39 Å². The molecule has 1 fully saturated rings. The Hall–Kier alpha value is -3.08. The van der Waals surface area contributed by atoms with Gasteiger partial charge in [0.1, 0.15) is 5.83 Å². The normalized spacial score (nSPS) is 15.6. The van der Waals surface area contributed by atoms with Gasteiger partial charge in [-0.2, -0.15) is 4.31 Å². The number of ether oxygens (including phenoxy) is 1. The molecule has 1 aromatic heterocycles. The Labute approximate surface area is 197 Å². The number of imidazole rings is 1. The third-order valence-corrected chi connectivity index (χ3v) is 7.80. The average molecular weight is 487 g/mol. The topological polar surface area (TPSA) is 108 Å². The molecule has 34 heavy (non-hydrogen) atoms. The molecule has 0 amide bonds. The standard InChI is InChI=1S/C24H27FN4O4S/c1-33-24(30)18-13-21(23-22(14-18)28(16-27-23)15-19(25)8-9-26)17-6-5-7-20(12-17)34(31,32)29-10-3-2-4-11-29/h5-8,12-14,16H,2-4,9-11,15,26H2,1H3. The van der Waals surface area contributed by atoms with Gasteiger partial charge in [0.2, 0.25) is 10.0 Å². The summed E-state index contributed by atoms with van der Waals surface area (Å²) in [6.07, 6.45) is 5.45. The number of rotatable bonds is 7. The monoisotopic (exact) mass is 486 g/mol. The second-order valence-electron chi connectivity index (χ2n) is 8.13. The van der Waals surface area contributed by atoms with E-state index in [1.54, 1.807) is 41.0 Å². The Morgan fingerprint density at radius 2 is 1.97 bits per heavy atom. The van der Waals surface area contributed by atoms with E-state index >= 15 is 0 Å². The van der Waals surface area contributed by atoms with Crippen molar-refractivity contribution in [3.05, 3.63) is 60.2 Å². The van der Waals surface area contributed by atoms with Crippen LogP contribution in [0, 0.1) is 0 Å². The van der Waals surface area contributed by atoms with Crippen LogP contribution in [0.1, 0.15) is 29.6 Å². The minimum atomic E-state index is -3.65. The highest BCUT2D eigenvalue weighted by atomic mass is 32.2. The molecule has 0 bridgehead atoms. The van der Waals surface area contributed by atoms with Crippen molar-refractivity contribution in [2.45, 2.75) is 30.7 Å². The zero-order valence-corrected chi connectivity index (χ0v) is 19.7. The summed E-state index contributed by atoms with van der Waals surface area (Å²) in [4.78, 5) is 17.0. The maximum atomic E-state index is 14.2. The number of carbonyl (C=O) groups excluding carboxylic acids is 1. The van der Waals surface area contributed by atoms with E-state index in [4.69, 9.17) is 10.5 Å². The number of piperidine rings is 1. The van der Waals surface area contributed by atoms with Crippen molar-refractivity contribution in [3.63, 3.8) is 0 Å². The third-order valence-electron chi connectivity index (χ3n) is 5.91. The number of carbonyl (C=O) groups is 1. The molecule has 0 unspecified atom stereocenters. The van der Waals surface area contributed by atoms with Gasteiger partial charge >= 0.3 is 5.97 Å². The molecule has 8 nitrogen and oxygen atoms in total. The van der Waals surface area contributed by atoms with Crippen LogP contribution in [0.25, 0.3) is 22.2 Å². The van der Waals surface area contributed by atoms with Crippen molar-refractivity contribution in [3.8, 4) is 11.1 Å². The van der Waals surface area contributed by atoms with Gasteiger partial charge in [-0.3, -0.25) is 0 Å². The van der Waals surface area contributed by atoms with E-state index in [1.807, 2.05) is 0 Å². The molecule has 2 aromatic carbocycles. The van der Waals surface area contributed by atoms with Crippen LogP contribution in [0.5, 0.6) is 0 Å². The molecule has 0 radical (unpaired) electrons. The van der Waals surface area contributed by atoms with Crippen molar-refractivity contribution in [1.29, 1.82) is 0 Å². The molecule has 4 rings (SSSR count). The minimum Gasteiger partial charge on any atom is -0.465 e. The average Bonchev–Trinajstić information content (AvgIpc) is 3.26. The molecule has 10 heteroatoms. The summed E-state index contributed by atoms with van der Waals surface area (Å²) in [5.41, 5.74) is 7.81. The number of aromatic nitrogens is 2. The highest BCUT2D eigenvalue weighted by Crippen LogP contribution is 2.32.